The topological polar surface area (TPSA) is 84.0 Å². The van der Waals surface area contributed by atoms with E-state index in [9.17, 15) is 4.79 Å². The highest BCUT2D eigenvalue weighted by Crippen LogP contribution is 2.30. The summed E-state index contributed by atoms with van der Waals surface area (Å²) in [6.07, 6.45) is 0. The molecule has 0 bridgehead atoms. The smallest absolute Gasteiger partial charge is 0.251 e. The monoisotopic (exact) mass is 426 g/mol. The van der Waals surface area contributed by atoms with Gasteiger partial charge in [-0.3, -0.25) is 9.79 Å². The first-order valence-electron chi connectivity index (χ1n) is 10.7. The first-order valence-corrected chi connectivity index (χ1v) is 10.7. The molecule has 0 aliphatic heterocycles. The average molecular weight is 427 g/mol. The van der Waals surface area contributed by atoms with Crippen LogP contribution in [-0.2, 0) is 0 Å². The predicted octanol–water partition coefficient (Wildman–Crippen LogP) is 3.45. The van der Waals surface area contributed by atoms with Crippen LogP contribution in [0.1, 0.15) is 48.3 Å². The normalized spacial score (nSPS) is 12.1. The number of hydrogen-bond acceptors (Lipinski definition) is 4. The summed E-state index contributed by atoms with van der Waals surface area (Å²) in [5, 5.41) is 9.50. The third kappa shape index (κ3) is 7.51. The van der Waals surface area contributed by atoms with Crippen molar-refractivity contribution in [1.29, 1.82) is 0 Å². The first kappa shape index (κ1) is 24.1. The van der Waals surface area contributed by atoms with Crippen molar-refractivity contribution in [1.82, 2.24) is 16.0 Å². The Morgan fingerprint density at radius 2 is 1.71 bits per heavy atom. The van der Waals surface area contributed by atoms with Gasteiger partial charge in [-0.1, -0.05) is 23.8 Å². The van der Waals surface area contributed by atoms with E-state index in [0.29, 0.717) is 37.8 Å². The Bertz CT molecular complexity index is 883. The molecule has 7 nitrogen and oxygen atoms in total. The summed E-state index contributed by atoms with van der Waals surface area (Å²) in [5.74, 6) is 2.05. The van der Waals surface area contributed by atoms with Crippen molar-refractivity contribution in [2.24, 2.45) is 4.99 Å². The Morgan fingerprint density at radius 3 is 2.39 bits per heavy atom. The van der Waals surface area contributed by atoms with Crippen LogP contribution in [0.4, 0.5) is 0 Å². The molecule has 0 aliphatic carbocycles. The minimum atomic E-state index is -0.0837. The molecule has 0 fully saturated rings. The number of amides is 1. The summed E-state index contributed by atoms with van der Waals surface area (Å²) in [6, 6.07) is 13.5. The highest BCUT2D eigenvalue weighted by atomic mass is 16.5. The summed E-state index contributed by atoms with van der Waals surface area (Å²) < 4.78 is 11.4. The van der Waals surface area contributed by atoms with Crippen LogP contribution in [-0.4, -0.2) is 45.2 Å². The van der Waals surface area contributed by atoms with E-state index in [1.54, 1.807) is 7.05 Å². The summed E-state index contributed by atoms with van der Waals surface area (Å²) in [5.41, 5.74) is 2.78. The fraction of sp³-hybridized carbons (Fsp3) is 0.417. The number of nitrogens with zero attached hydrogens (tertiary/aromatic N) is 1. The molecule has 0 spiro atoms. The van der Waals surface area contributed by atoms with Crippen molar-refractivity contribution in [3.8, 4) is 11.5 Å². The standard InChI is InChI=1S/C24H34N4O3/c1-6-30-21-12-11-19(16-22(21)31-7-2)18(4)28-24(25-5)27-14-13-26-23(29)20-10-8-9-17(3)15-20/h8-12,15-16,18H,6-7,13-14H2,1-5H3,(H,26,29)(H2,25,27,28). The molecule has 0 radical (unpaired) electrons. The summed E-state index contributed by atoms with van der Waals surface area (Å²) >= 11 is 0. The van der Waals surface area contributed by atoms with E-state index in [1.807, 2.05) is 63.2 Å². The van der Waals surface area contributed by atoms with Crippen molar-refractivity contribution in [2.45, 2.75) is 33.7 Å². The molecule has 31 heavy (non-hydrogen) atoms. The molecular formula is C24H34N4O3. The minimum Gasteiger partial charge on any atom is -0.490 e. The lowest BCUT2D eigenvalue weighted by atomic mass is 10.1. The van der Waals surface area contributed by atoms with Crippen molar-refractivity contribution in [3.63, 3.8) is 0 Å². The number of hydrogen-bond donors (Lipinski definition) is 3. The number of carbonyl (C=O) groups excluding carboxylic acids is 1. The van der Waals surface area contributed by atoms with Crippen LogP contribution in [0.15, 0.2) is 47.5 Å². The molecule has 1 atom stereocenters. The van der Waals surface area contributed by atoms with E-state index < -0.39 is 0 Å². The van der Waals surface area contributed by atoms with E-state index in [1.165, 1.54) is 0 Å². The van der Waals surface area contributed by atoms with Gasteiger partial charge in [0.2, 0.25) is 0 Å². The lowest BCUT2D eigenvalue weighted by molar-refractivity contribution is 0.0954. The van der Waals surface area contributed by atoms with Gasteiger partial charge in [0.1, 0.15) is 0 Å². The van der Waals surface area contributed by atoms with Crippen LogP contribution in [0, 0.1) is 6.92 Å². The maximum atomic E-state index is 12.2. The van der Waals surface area contributed by atoms with Gasteiger partial charge >= 0.3 is 0 Å². The van der Waals surface area contributed by atoms with Crippen LogP contribution >= 0.6 is 0 Å². The molecule has 1 unspecified atom stereocenters. The van der Waals surface area contributed by atoms with Gasteiger partial charge < -0.3 is 25.4 Å². The molecular weight excluding hydrogens is 392 g/mol. The van der Waals surface area contributed by atoms with Gasteiger partial charge in [0.05, 0.1) is 19.3 Å². The molecule has 0 saturated heterocycles. The van der Waals surface area contributed by atoms with Gasteiger partial charge in [-0.05, 0) is 57.5 Å². The van der Waals surface area contributed by atoms with Gasteiger partial charge in [-0.2, -0.15) is 0 Å². The third-order valence-corrected chi connectivity index (χ3v) is 4.63. The molecule has 0 aliphatic rings. The van der Waals surface area contributed by atoms with Gasteiger partial charge in [0, 0.05) is 25.7 Å². The van der Waals surface area contributed by atoms with Crippen LogP contribution in [0.5, 0.6) is 11.5 Å². The van der Waals surface area contributed by atoms with Gasteiger partial charge in [0.15, 0.2) is 17.5 Å². The number of rotatable bonds is 10. The highest BCUT2D eigenvalue weighted by molar-refractivity contribution is 5.94. The molecule has 1 amide bonds. The van der Waals surface area contributed by atoms with E-state index in [4.69, 9.17) is 9.47 Å². The van der Waals surface area contributed by atoms with Crippen LogP contribution in [0.25, 0.3) is 0 Å². The summed E-state index contributed by atoms with van der Waals surface area (Å²) in [4.78, 5) is 16.5. The van der Waals surface area contributed by atoms with E-state index in [0.717, 1.165) is 22.6 Å². The van der Waals surface area contributed by atoms with Crippen LogP contribution < -0.4 is 25.4 Å². The number of benzene rings is 2. The first-order chi connectivity index (χ1) is 15.0. The molecule has 168 valence electrons. The maximum absolute atomic E-state index is 12.2. The molecule has 2 rings (SSSR count). The Hall–Kier alpha value is -3.22. The zero-order chi connectivity index (χ0) is 22.6. The molecule has 0 aromatic heterocycles. The fourth-order valence-electron chi connectivity index (χ4n) is 3.07. The minimum absolute atomic E-state index is 0.00275. The van der Waals surface area contributed by atoms with Crippen LogP contribution in [0.2, 0.25) is 0 Å². The molecule has 0 heterocycles. The number of aliphatic imine (C=N–C) groups is 1. The van der Waals surface area contributed by atoms with Gasteiger partial charge in [-0.15, -0.1) is 0 Å². The van der Waals surface area contributed by atoms with E-state index >= 15 is 0 Å². The summed E-state index contributed by atoms with van der Waals surface area (Å²) in [6.45, 7) is 10.1. The average Bonchev–Trinajstić information content (AvgIpc) is 2.77. The predicted molar refractivity (Wildman–Crippen MR) is 125 cm³/mol. The quantitative estimate of drug-likeness (QED) is 0.308. The number of guanidine groups is 1. The Morgan fingerprint density at radius 1 is 1.00 bits per heavy atom. The largest absolute Gasteiger partial charge is 0.490 e. The zero-order valence-corrected chi connectivity index (χ0v) is 19.1. The van der Waals surface area contributed by atoms with Crippen molar-refractivity contribution < 1.29 is 14.3 Å². The summed E-state index contributed by atoms with van der Waals surface area (Å²) in [7, 11) is 1.72. The van der Waals surface area contributed by atoms with Gasteiger partial charge in [-0.25, -0.2) is 0 Å². The van der Waals surface area contributed by atoms with Crippen molar-refractivity contribution >= 4 is 11.9 Å². The Kier molecular flexibility index (Phi) is 9.68. The number of carbonyl (C=O) groups is 1. The number of nitrogens with one attached hydrogen (secondary N) is 3. The van der Waals surface area contributed by atoms with E-state index in [-0.39, 0.29) is 11.9 Å². The SMILES string of the molecule is CCOc1ccc(C(C)NC(=NC)NCCNC(=O)c2cccc(C)c2)cc1OCC. The molecule has 0 saturated carbocycles. The fourth-order valence-corrected chi connectivity index (χ4v) is 3.07. The van der Waals surface area contributed by atoms with Crippen molar-refractivity contribution in [3.05, 3.63) is 59.2 Å². The molecule has 2 aromatic rings. The second kappa shape index (κ2) is 12.5. The lowest BCUT2D eigenvalue weighted by Crippen LogP contribution is -2.42. The molecule has 7 heteroatoms. The second-order valence-corrected chi connectivity index (χ2v) is 7.06. The van der Waals surface area contributed by atoms with Crippen molar-refractivity contribution in [2.75, 3.05) is 33.4 Å². The number of ether oxygens (including phenoxy) is 2. The zero-order valence-electron chi connectivity index (χ0n) is 19.1. The molecule has 2 aromatic carbocycles. The van der Waals surface area contributed by atoms with Gasteiger partial charge in [0.25, 0.3) is 5.91 Å². The van der Waals surface area contributed by atoms with E-state index in [2.05, 4.69) is 27.9 Å². The Balaban J connectivity index is 1.86. The number of aryl methyl sites for hydroxylation is 1. The molecule has 3 N–H and O–H groups in total. The highest BCUT2D eigenvalue weighted by Gasteiger charge is 2.12. The second-order valence-electron chi connectivity index (χ2n) is 7.06. The third-order valence-electron chi connectivity index (χ3n) is 4.63. The van der Waals surface area contributed by atoms with Crippen LogP contribution in [0.3, 0.4) is 0 Å². The Labute approximate surface area is 185 Å². The lowest BCUT2D eigenvalue weighted by Gasteiger charge is -2.20. The maximum Gasteiger partial charge on any atom is 0.251 e.